The third-order valence-corrected chi connectivity index (χ3v) is 4.12. The molecule has 2 N–H and O–H groups in total. The van der Waals surface area contributed by atoms with Gasteiger partial charge in [0.2, 0.25) is 11.9 Å². The number of ether oxygens (including phenoxy) is 1. The number of hydrogen-bond acceptors (Lipinski definition) is 7. The van der Waals surface area contributed by atoms with Crippen LogP contribution in [0, 0.1) is 0 Å². The van der Waals surface area contributed by atoms with E-state index in [1.165, 1.54) is 0 Å². The van der Waals surface area contributed by atoms with E-state index in [9.17, 15) is 0 Å². The minimum atomic E-state index is 0.109. The van der Waals surface area contributed by atoms with Gasteiger partial charge in [-0.15, -0.1) is 0 Å². The van der Waals surface area contributed by atoms with Crippen LogP contribution in [0.4, 0.5) is 11.9 Å². The first-order valence-electron chi connectivity index (χ1n) is 7.82. The molecule has 0 aliphatic carbocycles. The maximum atomic E-state index is 6.15. The highest BCUT2D eigenvalue weighted by molar-refractivity contribution is 6.32. The Hall–Kier alpha value is -2.12. The molecule has 2 heterocycles. The lowest BCUT2D eigenvalue weighted by Gasteiger charge is -2.17. The summed E-state index contributed by atoms with van der Waals surface area (Å²) in [5, 5.41) is 0.636. The van der Waals surface area contributed by atoms with Gasteiger partial charge < -0.3 is 15.4 Å². The van der Waals surface area contributed by atoms with Gasteiger partial charge in [0.05, 0.1) is 11.6 Å². The van der Waals surface area contributed by atoms with Crippen LogP contribution in [0.1, 0.15) is 12.2 Å². The zero-order valence-electron chi connectivity index (χ0n) is 13.8. The van der Waals surface area contributed by atoms with Crippen LogP contribution in [0.3, 0.4) is 0 Å². The molecule has 3 rings (SSSR count). The summed E-state index contributed by atoms with van der Waals surface area (Å²) < 4.78 is 6.00. The summed E-state index contributed by atoms with van der Waals surface area (Å²) in [7, 11) is 3.75. The average Bonchev–Trinajstić information content (AvgIpc) is 2.96. The topological polar surface area (TPSA) is 80.4 Å². The molecule has 24 heavy (non-hydrogen) atoms. The third-order valence-electron chi connectivity index (χ3n) is 3.81. The molecule has 2 aromatic rings. The largest absolute Gasteiger partial charge is 0.487 e. The second-order valence-corrected chi connectivity index (χ2v) is 6.41. The molecule has 128 valence electrons. The van der Waals surface area contributed by atoms with Crippen molar-refractivity contribution in [3.05, 3.63) is 35.1 Å². The summed E-state index contributed by atoms with van der Waals surface area (Å²) in [6.07, 6.45) is 1.05. The standard InChI is InChI=1S/C16H21ClN6O/c1-22(2)16-20-14(19-15(18)21-16)10-23-8-7-11(9-23)24-13-6-4-3-5-12(13)17/h3-6,11H,7-10H2,1-2H3,(H2,18,19,20,21)/t11-/m1/s1. The first-order valence-corrected chi connectivity index (χ1v) is 8.20. The van der Waals surface area contributed by atoms with E-state index in [0.29, 0.717) is 23.3 Å². The predicted molar refractivity (Wildman–Crippen MR) is 94.3 cm³/mol. The first kappa shape index (κ1) is 16.7. The van der Waals surface area contributed by atoms with Crippen molar-refractivity contribution in [2.45, 2.75) is 19.1 Å². The van der Waals surface area contributed by atoms with E-state index < -0.39 is 0 Å². The minimum Gasteiger partial charge on any atom is -0.487 e. The molecule has 0 saturated carbocycles. The fourth-order valence-electron chi connectivity index (χ4n) is 2.65. The monoisotopic (exact) mass is 348 g/mol. The Morgan fingerprint density at radius 3 is 2.83 bits per heavy atom. The van der Waals surface area contributed by atoms with Crippen molar-refractivity contribution in [2.24, 2.45) is 0 Å². The number of hydrogen-bond donors (Lipinski definition) is 1. The number of nitrogen functional groups attached to an aromatic ring is 1. The van der Waals surface area contributed by atoms with Crippen molar-refractivity contribution in [3.63, 3.8) is 0 Å². The van der Waals surface area contributed by atoms with Gasteiger partial charge in [-0.3, -0.25) is 4.90 Å². The molecule has 0 amide bonds. The Kier molecular flexibility index (Phi) is 5.01. The number of benzene rings is 1. The lowest BCUT2D eigenvalue weighted by atomic mass is 10.3. The fourth-order valence-corrected chi connectivity index (χ4v) is 2.83. The smallest absolute Gasteiger partial charge is 0.229 e. The van der Waals surface area contributed by atoms with Crippen LogP contribution >= 0.6 is 11.6 Å². The van der Waals surface area contributed by atoms with Crippen LogP contribution in [0.2, 0.25) is 5.02 Å². The molecule has 1 aromatic carbocycles. The molecule has 1 fully saturated rings. The van der Waals surface area contributed by atoms with Crippen LogP contribution in [-0.4, -0.2) is 53.1 Å². The molecule has 1 saturated heterocycles. The lowest BCUT2D eigenvalue weighted by molar-refractivity contribution is 0.197. The Labute approximate surface area is 146 Å². The van der Waals surface area contributed by atoms with E-state index >= 15 is 0 Å². The van der Waals surface area contributed by atoms with Crippen LogP contribution < -0.4 is 15.4 Å². The zero-order chi connectivity index (χ0) is 17.1. The van der Waals surface area contributed by atoms with Gasteiger partial charge in [-0.05, 0) is 18.6 Å². The summed E-state index contributed by atoms with van der Waals surface area (Å²) in [6, 6.07) is 7.54. The zero-order valence-corrected chi connectivity index (χ0v) is 14.6. The average molecular weight is 349 g/mol. The number of nitrogens with two attached hydrogens (primary N) is 1. The maximum absolute atomic E-state index is 6.15. The second-order valence-electron chi connectivity index (χ2n) is 6.00. The molecule has 8 heteroatoms. The summed E-state index contributed by atoms with van der Waals surface area (Å²) in [5.41, 5.74) is 5.77. The number of nitrogens with zero attached hydrogens (tertiary/aromatic N) is 5. The molecule has 1 aliphatic heterocycles. The molecule has 0 bridgehead atoms. The van der Waals surface area contributed by atoms with Gasteiger partial charge in [-0.2, -0.15) is 15.0 Å². The van der Waals surface area contributed by atoms with Crippen LogP contribution in [0.5, 0.6) is 5.75 Å². The number of halogens is 1. The van der Waals surface area contributed by atoms with E-state index in [-0.39, 0.29) is 12.1 Å². The highest BCUT2D eigenvalue weighted by Crippen LogP contribution is 2.26. The van der Waals surface area contributed by atoms with Gasteiger partial charge >= 0.3 is 0 Å². The maximum Gasteiger partial charge on any atom is 0.229 e. The summed E-state index contributed by atoms with van der Waals surface area (Å²) in [4.78, 5) is 16.8. The van der Waals surface area contributed by atoms with Crippen molar-refractivity contribution in [2.75, 3.05) is 37.8 Å². The molecular formula is C16H21ClN6O. The van der Waals surface area contributed by atoms with Gasteiger partial charge in [0, 0.05) is 27.2 Å². The van der Waals surface area contributed by atoms with Crippen molar-refractivity contribution in [1.29, 1.82) is 0 Å². The van der Waals surface area contributed by atoms with Gasteiger partial charge in [-0.1, -0.05) is 23.7 Å². The number of rotatable bonds is 5. The Bertz CT molecular complexity index is 711. The van der Waals surface area contributed by atoms with E-state index in [1.807, 2.05) is 43.3 Å². The van der Waals surface area contributed by atoms with Gasteiger partial charge in [0.25, 0.3) is 0 Å². The van der Waals surface area contributed by atoms with Crippen LogP contribution in [0.25, 0.3) is 0 Å². The molecular weight excluding hydrogens is 328 g/mol. The van der Waals surface area contributed by atoms with Crippen LogP contribution in [0.15, 0.2) is 24.3 Å². The number of anilines is 2. The van der Waals surface area contributed by atoms with Gasteiger partial charge in [0.1, 0.15) is 17.7 Å². The van der Waals surface area contributed by atoms with E-state index in [4.69, 9.17) is 22.1 Å². The van der Waals surface area contributed by atoms with Crippen molar-refractivity contribution in [3.8, 4) is 5.75 Å². The highest BCUT2D eigenvalue weighted by atomic mass is 35.5. The number of aromatic nitrogens is 3. The lowest BCUT2D eigenvalue weighted by Crippen LogP contribution is -2.26. The molecule has 0 spiro atoms. The van der Waals surface area contributed by atoms with Crippen molar-refractivity contribution in [1.82, 2.24) is 19.9 Å². The first-order chi connectivity index (χ1) is 11.5. The SMILES string of the molecule is CN(C)c1nc(N)nc(CN2CC[C@@H](Oc3ccccc3Cl)C2)n1. The van der Waals surface area contributed by atoms with Crippen molar-refractivity contribution >= 4 is 23.5 Å². The van der Waals surface area contributed by atoms with Crippen molar-refractivity contribution < 1.29 is 4.74 Å². The predicted octanol–water partition coefficient (Wildman–Crippen LogP) is 1.83. The molecule has 0 unspecified atom stereocenters. The Morgan fingerprint density at radius 2 is 2.08 bits per heavy atom. The quantitative estimate of drug-likeness (QED) is 0.882. The van der Waals surface area contributed by atoms with Gasteiger partial charge in [-0.25, -0.2) is 0 Å². The molecule has 1 aliphatic rings. The molecule has 7 nitrogen and oxygen atoms in total. The van der Waals surface area contributed by atoms with E-state index in [0.717, 1.165) is 25.3 Å². The molecule has 0 radical (unpaired) electrons. The summed E-state index contributed by atoms with van der Waals surface area (Å²) in [6.45, 7) is 2.34. The second kappa shape index (κ2) is 7.19. The van der Waals surface area contributed by atoms with Gasteiger partial charge in [0.15, 0.2) is 0 Å². The number of likely N-dealkylation sites (tertiary alicyclic amines) is 1. The van der Waals surface area contributed by atoms with E-state index in [2.05, 4.69) is 19.9 Å². The minimum absolute atomic E-state index is 0.109. The highest BCUT2D eigenvalue weighted by Gasteiger charge is 2.25. The van der Waals surface area contributed by atoms with E-state index in [1.54, 1.807) is 0 Å². The summed E-state index contributed by atoms with van der Waals surface area (Å²) in [5.74, 6) is 2.21. The van der Waals surface area contributed by atoms with Crippen LogP contribution in [-0.2, 0) is 6.54 Å². The Balaban J connectivity index is 1.61. The fraction of sp³-hybridized carbons (Fsp3) is 0.438. The normalized spacial score (nSPS) is 17.9. The third kappa shape index (κ3) is 4.04. The molecule has 1 aromatic heterocycles. The number of para-hydroxylation sites is 1. The molecule has 1 atom stereocenters. The summed E-state index contributed by atoms with van der Waals surface area (Å²) >= 11 is 6.15. The Morgan fingerprint density at radius 1 is 1.29 bits per heavy atom.